The molecule has 3 atom stereocenters. The average molecular weight is 413 g/mol. The Labute approximate surface area is 178 Å². The Morgan fingerprint density at radius 2 is 2.07 bits per heavy atom. The number of nitrogens with one attached hydrogen (secondary N) is 1. The van der Waals surface area contributed by atoms with Crippen molar-refractivity contribution in [1.82, 2.24) is 10.2 Å². The van der Waals surface area contributed by atoms with E-state index in [2.05, 4.69) is 10.3 Å². The van der Waals surface area contributed by atoms with Gasteiger partial charge in [-0.25, -0.2) is 4.99 Å². The van der Waals surface area contributed by atoms with Crippen LogP contribution in [-0.2, 0) is 9.59 Å². The third-order valence-electron chi connectivity index (χ3n) is 6.20. The van der Waals surface area contributed by atoms with Crippen molar-refractivity contribution in [2.75, 3.05) is 6.54 Å². The number of benzene rings is 1. The second-order valence-corrected chi connectivity index (χ2v) is 10.2. The van der Waals surface area contributed by atoms with Crippen LogP contribution in [0.5, 0.6) is 5.75 Å². The normalized spacial score (nSPS) is 28.8. The Morgan fingerprint density at radius 1 is 1.33 bits per heavy atom. The number of aryl methyl sites for hydroxylation is 1. The molecule has 7 heteroatoms. The summed E-state index contributed by atoms with van der Waals surface area (Å²) >= 11 is 0. The smallest absolute Gasteiger partial charge is 0.231 e. The van der Waals surface area contributed by atoms with Crippen LogP contribution in [0.15, 0.2) is 23.2 Å². The maximum absolute atomic E-state index is 13.0. The van der Waals surface area contributed by atoms with Crippen LogP contribution in [0.25, 0.3) is 0 Å². The van der Waals surface area contributed by atoms with Crippen LogP contribution in [0.3, 0.4) is 0 Å². The second kappa shape index (κ2) is 7.00. The van der Waals surface area contributed by atoms with Crippen molar-refractivity contribution < 1.29 is 14.3 Å². The maximum Gasteiger partial charge on any atom is 0.231 e. The average Bonchev–Trinajstić information content (AvgIpc) is 3.35. The zero-order chi connectivity index (χ0) is 21.8. The molecule has 1 aromatic carbocycles. The summed E-state index contributed by atoms with van der Waals surface area (Å²) in [6.45, 7) is 10.4. The molecule has 0 saturated heterocycles. The first-order chi connectivity index (χ1) is 13.9. The number of ether oxygens (including phenoxy) is 1. The van der Waals surface area contributed by atoms with Crippen LogP contribution in [0.4, 0.5) is 0 Å². The highest BCUT2D eigenvalue weighted by Crippen LogP contribution is 2.43. The lowest BCUT2D eigenvalue weighted by Crippen LogP contribution is -2.50. The molecular weight excluding hydrogens is 380 g/mol. The third kappa shape index (κ3) is 4.16. The molecule has 0 aromatic heterocycles. The molecule has 0 bridgehead atoms. The van der Waals surface area contributed by atoms with E-state index in [4.69, 9.17) is 10.5 Å². The Balaban J connectivity index is 1.41. The van der Waals surface area contributed by atoms with Crippen molar-refractivity contribution in [2.24, 2.45) is 22.6 Å². The molecule has 1 aliphatic carbocycles. The number of nitrogens with two attached hydrogens (primary N) is 1. The number of fused-ring (bicyclic) bond motifs is 1. The van der Waals surface area contributed by atoms with Gasteiger partial charge in [0.15, 0.2) is 5.96 Å². The summed E-state index contributed by atoms with van der Waals surface area (Å²) in [7, 11) is 0. The van der Waals surface area contributed by atoms with Gasteiger partial charge in [0.05, 0.1) is 18.0 Å². The number of carbonyl (C=O) groups is 2. The monoisotopic (exact) mass is 412 g/mol. The zero-order valence-corrected chi connectivity index (χ0v) is 18.5. The van der Waals surface area contributed by atoms with E-state index in [9.17, 15) is 9.59 Å². The summed E-state index contributed by atoms with van der Waals surface area (Å²) < 4.78 is 6.13. The van der Waals surface area contributed by atoms with Crippen molar-refractivity contribution in [3.63, 3.8) is 0 Å². The van der Waals surface area contributed by atoms with Gasteiger partial charge in [0.1, 0.15) is 11.4 Å². The van der Waals surface area contributed by atoms with Crippen LogP contribution < -0.4 is 15.8 Å². The van der Waals surface area contributed by atoms with E-state index >= 15 is 0 Å². The topological polar surface area (TPSA) is 97.0 Å². The number of rotatable bonds is 4. The first-order valence-corrected chi connectivity index (χ1v) is 10.7. The molecule has 1 fully saturated rings. The minimum atomic E-state index is -0.459. The van der Waals surface area contributed by atoms with Crippen LogP contribution >= 0.6 is 0 Å². The standard InChI is InChI=1S/C23H32N4O3/c1-13-6-7-15-17(10-23(4,5)30-18(15)8-13)25-20(29)16-9-14(16)12-27-19(28)11-22(2,3)26-21(27)24/h6-8,14,16-17H,9-12H2,1-5H3,(H2,24,26)(H,25,29)/t14?,16?,17-/m0/s1. The molecule has 3 aliphatic rings. The van der Waals surface area contributed by atoms with Gasteiger partial charge in [0.25, 0.3) is 0 Å². The van der Waals surface area contributed by atoms with Gasteiger partial charge >= 0.3 is 0 Å². The largest absolute Gasteiger partial charge is 0.487 e. The number of amides is 2. The van der Waals surface area contributed by atoms with Crippen LogP contribution in [0, 0.1) is 18.8 Å². The Bertz CT molecular complexity index is 921. The Kier molecular flexibility index (Phi) is 4.83. The molecule has 7 nitrogen and oxygen atoms in total. The SMILES string of the molecule is Cc1ccc2c(c1)OC(C)(C)C[C@@H]2NC(=O)C1CC1CN1C(=O)CC(C)(C)N=C1N. The summed E-state index contributed by atoms with van der Waals surface area (Å²) in [4.78, 5) is 31.4. The van der Waals surface area contributed by atoms with Gasteiger partial charge in [0.2, 0.25) is 11.8 Å². The van der Waals surface area contributed by atoms with Gasteiger partial charge in [-0.1, -0.05) is 12.1 Å². The molecule has 3 N–H and O–H groups in total. The third-order valence-corrected chi connectivity index (χ3v) is 6.20. The van der Waals surface area contributed by atoms with E-state index in [1.54, 1.807) is 4.90 Å². The van der Waals surface area contributed by atoms with Crippen LogP contribution in [0.1, 0.15) is 64.1 Å². The molecule has 0 spiro atoms. The minimum Gasteiger partial charge on any atom is -0.487 e. The first-order valence-electron chi connectivity index (χ1n) is 10.7. The van der Waals surface area contributed by atoms with Crippen molar-refractivity contribution in [1.29, 1.82) is 0 Å². The fraction of sp³-hybridized carbons (Fsp3) is 0.609. The molecule has 162 valence electrons. The van der Waals surface area contributed by atoms with Crippen LogP contribution in [0.2, 0.25) is 0 Å². The highest BCUT2D eigenvalue weighted by Gasteiger charge is 2.47. The lowest BCUT2D eigenvalue weighted by Gasteiger charge is -2.38. The predicted octanol–water partition coefficient (Wildman–Crippen LogP) is 2.68. The molecule has 2 unspecified atom stereocenters. The lowest BCUT2D eigenvalue weighted by atomic mass is 9.89. The highest BCUT2D eigenvalue weighted by molar-refractivity contribution is 5.99. The Morgan fingerprint density at radius 3 is 2.77 bits per heavy atom. The molecule has 2 heterocycles. The number of nitrogens with zero attached hydrogens (tertiary/aromatic N) is 2. The van der Waals surface area contributed by atoms with E-state index in [1.807, 2.05) is 52.8 Å². The summed E-state index contributed by atoms with van der Waals surface area (Å²) in [5.74, 6) is 1.14. The minimum absolute atomic E-state index is 0.0194. The molecule has 0 radical (unpaired) electrons. The molecular formula is C23H32N4O3. The fourth-order valence-corrected chi connectivity index (χ4v) is 4.57. The summed E-state index contributed by atoms with van der Waals surface area (Å²) in [6, 6.07) is 6.04. The van der Waals surface area contributed by atoms with Crippen molar-refractivity contribution in [2.45, 2.75) is 71.1 Å². The van der Waals surface area contributed by atoms with Gasteiger partial charge in [-0.15, -0.1) is 0 Å². The quantitative estimate of drug-likeness (QED) is 0.794. The van der Waals surface area contributed by atoms with E-state index in [0.717, 1.165) is 23.3 Å². The number of hydrogen-bond acceptors (Lipinski definition) is 5. The zero-order valence-electron chi connectivity index (χ0n) is 18.5. The van der Waals surface area contributed by atoms with Crippen molar-refractivity contribution in [3.05, 3.63) is 29.3 Å². The highest BCUT2D eigenvalue weighted by atomic mass is 16.5. The summed E-state index contributed by atoms with van der Waals surface area (Å²) in [5.41, 5.74) is 7.38. The maximum atomic E-state index is 13.0. The molecule has 1 saturated carbocycles. The van der Waals surface area contributed by atoms with Gasteiger partial charge < -0.3 is 15.8 Å². The predicted molar refractivity (Wildman–Crippen MR) is 115 cm³/mol. The number of carbonyl (C=O) groups excluding carboxylic acids is 2. The Hall–Kier alpha value is -2.57. The summed E-state index contributed by atoms with van der Waals surface area (Å²) in [6.07, 6.45) is 1.82. The van der Waals surface area contributed by atoms with Gasteiger partial charge in [-0.2, -0.15) is 0 Å². The second-order valence-electron chi connectivity index (χ2n) is 10.2. The molecule has 2 amide bonds. The van der Waals surface area contributed by atoms with E-state index in [1.165, 1.54) is 0 Å². The molecule has 1 aromatic rings. The number of aliphatic imine (C=N–C) groups is 1. The van der Waals surface area contributed by atoms with E-state index in [-0.39, 0.29) is 41.3 Å². The first kappa shape index (κ1) is 20.7. The van der Waals surface area contributed by atoms with E-state index in [0.29, 0.717) is 19.4 Å². The number of hydrogen-bond donors (Lipinski definition) is 2. The van der Waals surface area contributed by atoms with Crippen molar-refractivity contribution >= 4 is 17.8 Å². The van der Waals surface area contributed by atoms with Crippen molar-refractivity contribution in [3.8, 4) is 5.75 Å². The molecule has 4 rings (SSSR count). The molecule has 30 heavy (non-hydrogen) atoms. The summed E-state index contributed by atoms with van der Waals surface area (Å²) in [5, 5.41) is 3.23. The van der Waals surface area contributed by atoms with E-state index < -0.39 is 5.54 Å². The fourth-order valence-electron chi connectivity index (χ4n) is 4.57. The van der Waals surface area contributed by atoms with Gasteiger partial charge in [0, 0.05) is 24.4 Å². The van der Waals surface area contributed by atoms with Crippen LogP contribution in [-0.4, -0.2) is 40.4 Å². The molecule has 2 aliphatic heterocycles. The van der Waals surface area contributed by atoms with Gasteiger partial charge in [-0.05, 0) is 58.6 Å². The lowest BCUT2D eigenvalue weighted by molar-refractivity contribution is -0.130. The van der Waals surface area contributed by atoms with Gasteiger partial charge in [-0.3, -0.25) is 14.5 Å². The number of guanidine groups is 1.